The Hall–Kier alpha value is -2.56. The van der Waals surface area contributed by atoms with E-state index in [9.17, 15) is 14.0 Å². The molecule has 0 fully saturated rings. The topological polar surface area (TPSA) is 50.3 Å². The molecule has 2 aromatic rings. The van der Waals surface area contributed by atoms with Crippen molar-refractivity contribution < 1.29 is 14.0 Å². The fourth-order valence-electron chi connectivity index (χ4n) is 2.07. The number of hydrogen-bond donors (Lipinski definition) is 0. The van der Waals surface area contributed by atoms with Gasteiger partial charge in [-0.15, -0.1) is 0 Å². The van der Waals surface area contributed by atoms with Crippen molar-refractivity contribution in [2.45, 2.75) is 6.92 Å². The van der Waals surface area contributed by atoms with Crippen molar-refractivity contribution in [3.63, 3.8) is 0 Å². The highest BCUT2D eigenvalue weighted by Crippen LogP contribution is 2.27. The first kappa shape index (κ1) is 11.5. The molecule has 2 heterocycles. The van der Waals surface area contributed by atoms with E-state index < -0.39 is 17.6 Å². The van der Waals surface area contributed by atoms with Crippen LogP contribution in [0.1, 0.15) is 26.4 Å². The number of halogens is 1. The van der Waals surface area contributed by atoms with Crippen molar-refractivity contribution >= 4 is 17.6 Å². The van der Waals surface area contributed by atoms with Gasteiger partial charge < -0.3 is 0 Å². The summed E-state index contributed by atoms with van der Waals surface area (Å²) in [6.45, 7) is 1.77. The Morgan fingerprint density at radius 2 is 1.79 bits per heavy atom. The minimum Gasteiger partial charge on any atom is -0.268 e. The van der Waals surface area contributed by atoms with Crippen LogP contribution in [0.4, 0.5) is 10.2 Å². The Bertz CT molecular complexity index is 712. The van der Waals surface area contributed by atoms with E-state index >= 15 is 0 Å². The second-order valence-corrected chi connectivity index (χ2v) is 4.27. The average Bonchev–Trinajstić information content (AvgIpc) is 2.61. The molecule has 3 rings (SSSR count). The molecule has 0 N–H and O–H groups in total. The normalized spacial score (nSPS) is 13.9. The summed E-state index contributed by atoms with van der Waals surface area (Å²) in [5.41, 5.74) is 0.975. The Morgan fingerprint density at radius 1 is 1.05 bits per heavy atom. The van der Waals surface area contributed by atoms with Gasteiger partial charge in [-0.1, -0.05) is 6.07 Å². The average molecular weight is 256 g/mol. The Balaban J connectivity index is 2.13. The van der Waals surface area contributed by atoms with Gasteiger partial charge in [0.15, 0.2) is 0 Å². The number of fused-ring (bicyclic) bond motifs is 1. The molecule has 0 bridgehead atoms. The van der Waals surface area contributed by atoms with E-state index in [1.54, 1.807) is 25.1 Å². The molecule has 2 amide bonds. The van der Waals surface area contributed by atoms with E-state index in [0.29, 0.717) is 5.69 Å². The number of nitrogens with zero attached hydrogens (tertiary/aromatic N) is 2. The molecule has 1 aliphatic rings. The summed E-state index contributed by atoms with van der Waals surface area (Å²) in [5.74, 6) is -1.30. The second kappa shape index (κ2) is 3.98. The second-order valence-electron chi connectivity index (χ2n) is 4.27. The van der Waals surface area contributed by atoms with Gasteiger partial charge >= 0.3 is 0 Å². The number of benzene rings is 1. The van der Waals surface area contributed by atoms with Gasteiger partial charge in [-0.25, -0.2) is 14.3 Å². The molecular weight excluding hydrogens is 247 g/mol. The fraction of sp³-hybridized carbons (Fsp3) is 0.0714. The molecule has 5 heteroatoms. The van der Waals surface area contributed by atoms with Gasteiger partial charge in [0, 0.05) is 5.69 Å². The van der Waals surface area contributed by atoms with Crippen molar-refractivity contribution in [1.82, 2.24) is 4.98 Å². The van der Waals surface area contributed by atoms with Crippen LogP contribution in [-0.4, -0.2) is 16.8 Å². The lowest BCUT2D eigenvalue weighted by atomic mass is 10.1. The molecule has 0 saturated heterocycles. The van der Waals surface area contributed by atoms with Crippen LogP contribution in [-0.2, 0) is 0 Å². The van der Waals surface area contributed by atoms with Gasteiger partial charge in [-0.3, -0.25) is 9.59 Å². The lowest BCUT2D eigenvalue weighted by Crippen LogP contribution is -2.30. The number of aryl methyl sites for hydroxylation is 1. The largest absolute Gasteiger partial charge is 0.268 e. The Labute approximate surface area is 108 Å². The summed E-state index contributed by atoms with van der Waals surface area (Å²) >= 11 is 0. The first-order valence-corrected chi connectivity index (χ1v) is 5.70. The van der Waals surface area contributed by atoms with Gasteiger partial charge in [-0.2, -0.15) is 0 Å². The predicted molar refractivity (Wildman–Crippen MR) is 66.5 cm³/mol. The summed E-state index contributed by atoms with van der Waals surface area (Å²) in [5, 5.41) is 0. The number of amides is 2. The molecule has 94 valence electrons. The van der Waals surface area contributed by atoms with Crippen LogP contribution in [0.3, 0.4) is 0 Å². The maximum atomic E-state index is 13.2. The first-order valence-electron chi connectivity index (χ1n) is 5.70. The number of aromatic nitrogens is 1. The van der Waals surface area contributed by atoms with Gasteiger partial charge in [-0.05, 0) is 37.3 Å². The van der Waals surface area contributed by atoms with Crippen LogP contribution < -0.4 is 4.90 Å². The highest BCUT2D eigenvalue weighted by Gasteiger charge is 2.37. The Morgan fingerprint density at radius 3 is 2.53 bits per heavy atom. The lowest BCUT2D eigenvalue weighted by Gasteiger charge is -2.12. The van der Waals surface area contributed by atoms with Crippen molar-refractivity contribution in [2.24, 2.45) is 0 Å². The highest BCUT2D eigenvalue weighted by molar-refractivity contribution is 6.34. The highest BCUT2D eigenvalue weighted by atomic mass is 19.1. The van der Waals surface area contributed by atoms with Crippen LogP contribution >= 0.6 is 0 Å². The summed E-state index contributed by atoms with van der Waals surface area (Å²) in [6.07, 6.45) is 0. The van der Waals surface area contributed by atoms with E-state index in [2.05, 4.69) is 4.98 Å². The van der Waals surface area contributed by atoms with Gasteiger partial charge in [0.05, 0.1) is 11.1 Å². The summed E-state index contributed by atoms with van der Waals surface area (Å²) in [6, 6.07) is 8.61. The molecule has 0 unspecified atom stereocenters. The zero-order valence-corrected chi connectivity index (χ0v) is 10.1. The fourth-order valence-corrected chi connectivity index (χ4v) is 2.07. The minimum atomic E-state index is -0.544. The summed E-state index contributed by atoms with van der Waals surface area (Å²) < 4.78 is 13.2. The van der Waals surface area contributed by atoms with Crippen LogP contribution in [0.25, 0.3) is 0 Å². The molecule has 1 aromatic carbocycles. The van der Waals surface area contributed by atoms with Crippen LogP contribution in [0.15, 0.2) is 36.4 Å². The van der Waals surface area contributed by atoms with Gasteiger partial charge in [0.25, 0.3) is 11.8 Å². The van der Waals surface area contributed by atoms with E-state index in [0.717, 1.165) is 17.0 Å². The maximum Gasteiger partial charge on any atom is 0.267 e. The lowest BCUT2D eigenvalue weighted by molar-refractivity contribution is 0.0925. The van der Waals surface area contributed by atoms with Crippen molar-refractivity contribution in [3.8, 4) is 0 Å². The Kier molecular flexibility index (Phi) is 2.41. The molecule has 0 aliphatic carbocycles. The third kappa shape index (κ3) is 1.71. The molecule has 1 aliphatic heterocycles. The molecular formula is C14H9FN2O2. The number of carbonyl (C=O) groups excluding carboxylic acids is 2. The van der Waals surface area contributed by atoms with E-state index in [4.69, 9.17) is 0 Å². The molecule has 4 nitrogen and oxygen atoms in total. The molecule has 0 radical (unpaired) electrons. The molecule has 19 heavy (non-hydrogen) atoms. The van der Waals surface area contributed by atoms with E-state index in [1.165, 1.54) is 6.07 Å². The zero-order chi connectivity index (χ0) is 13.6. The van der Waals surface area contributed by atoms with Crippen molar-refractivity contribution in [1.29, 1.82) is 0 Å². The molecule has 0 spiro atoms. The quantitative estimate of drug-likeness (QED) is 0.736. The van der Waals surface area contributed by atoms with Gasteiger partial charge in [0.1, 0.15) is 11.6 Å². The van der Waals surface area contributed by atoms with E-state index in [1.807, 2.05) is 0 Å². The first-order chi connectivity index (χ1) is 9.08. The number of anilines is 1. The molecule has 0 saturated carbocycles. The number of pyridine rings is 1. The third-order valence-corrected chi connectivity index (χ3v) is 2.95. The van der Waals surface area contributed by atoms with E-state index in [-0.39, 0.29) is 16.9 Å². The summed E-state index contributed by atoms with van der Waals surface area (Å²) in [4.78, 5) is 29.5. The number of hydrogen-bond acceptors (Lipinski definition) is 3. The van der Waals surface area contributed by atoms with Crippen LogP contribution in [0.5, 0.6) is 0 Å². The van der Waals surface area contributed by atoms with Crippen molar-refractivity contribution in [2.75, 3.05) is 4.90 Å². The van der Waals surface area contributed by atoms with Gasteiger partial charge in [0.2, 0.25) is 0 Å². The molecule has 1 aromatic heterocycles. The summed E-state index contributed by atoms with van der Waals surface area (Å²) in [7, 11) is 0. The van der Waals surface area contributed by atoms with Crippen molar-refractivity contribution in [3.05, 3.63) is 59.0 Å². The zero-order valence-electron chi connectivity index (χ0n) is 10.1. The predicted octanol–water partition coefficient (Wildman–Crippen LogP) is 2.33. The third-order valence-electron chi connectivity index (χ3n) is 2.95. The smallest absolute Gasteiger partial charge is 0.267 e. The SMILES string of the molecule is Cc1cccc(N2C(=O)c3ccc(F)cc3C2=O)n1. The monoisotopic (exact) mass is 256 g/mol. The minimum absolute atomic E-state index is 0.0771. The number of carbonyl (C=O) groups is 2. The molecule has 0 atom stereocenters. The van der Waals surface area contributed by atoms with Crippen LogP contribution in [0, 0.1) is 12.7 Å². The van der Waals surface area contributed by atoms with Crippen LogP contribution in [0.2, 0.25) is 0 Å². The standard InChI is InChI=1S/C14H9FN2O2/c1-8-3-2-4-12(16-8)17-13(18)10-6-5-9(15)7-11(10)14(17)19/h2-7H,1H3. The number of rotatable bonds is 1. The number of imide groups is 1. The maximum absolute atomic E-state index is 13.2.